The lowest BCUT2D eigenvalue weighted by Gasteiger charge is -2.31. The van der Waals surface area contributed by atoms with E-state index >= 15 is 0 Å². The van der Waals surface area contributed by atoms with Crippen LogP contribution in [0.4, 0.5) is 10.5 Å². The predicted molar refractivity (Wildman–Crippen MR) is 117 cm³/mol. The van der Waals surface area contributed by atoms with Crippen molar-refractivity contribution in [1.29, 1.82) is 0 Å². The number of para-hydroxylation sites is 2. The number of fused-ring (bicyclic) bond motifs is 1. The van der Waals surface area contributed by atoms with E-state index in [2.05, 4.69) is 10.6 Å². The number of nitrogens with zero attached hydrogens (tertiary/aromatic N) is 1. The number of hydrogen-bond acceptors (Lipinski definition) is 3. The number of piperidine rings is 1. The number of anilines is 1. The first-order valence-corrected chi connectivity index (χ1v) is 10.4. The highest BCUT2D eigenvalue weighted by atomic mass is 16.3. The van der Waals surface area contributed by atoms with Gasteiger partial charge in [-0.1, -0.05) is 36.4 Å². The van der Waals surface area contributed by atoms with Crippen LogP contribution >= 0.6 is 0 Å². The highest BCUT2D eigenvalue weighted by Crippen LogP contribution is 2.29. The van der Waals surface area contributed by atoms with Crippen molar-refractivity contribution in [2.24, 2.45) is 5.92 Å². The number of rotatable bonds is 4. The maximum atomic E-state index is 12.8. The third-order valence-electron chi connectivity index (χ3n) is 5.81. The molecule has 2 heterocycles. The second-order valence-electron chi connectivity index (χ2n) is 7.88. The topological polar surface area (TPSA) is 74.6 Å². The molecule has 156 valence electrons. The molecule has 30 heavy (non-hydrogen) atoms. The Morgan fingerprint density at radius 3 is 2.40 bits per heavy atom. The molecule has 6 heteroatoms. The molecule has 1 aliphatic rings. The minimum Gasteiger partial charge on any atom is -0.459 e. The molecule has 4 rings (SSSR count). The fourth-order valence-electron chi connectivity index (χ4n) is 4.07. The zero-order valence-corrected chi connectivity index (χ0v) is 17.4. The Morgan fingerprint density at radius 2 is 1.70 bits per heavy atom. The van der Waals surface area contributed by atoms with Crippen molar-refractivity contribution in [3.8, 4) is 0 Å². The van der Waals surface area contributed by atoms with Gasteiger partial charge in [0.15, 0.2) is 0 Å². The van der Waals surface area contributed by atoms with Crippen molar-refractivity contribution in [1.82, 2.24) is 10.2 Å². The van der Waals surface area contributed by atoms with Crippen molar-refractivity contribution in [3.05, 3.63) is 65.9 Å². The summed E-state index contributed by atoms with van der Waals surface area (Å²) < 4.78 is 5.98. The Kier molecular flexibility index (Phi) is 5.74. The molecule has 2 aromatic carbocycles. The Morgan fingerprint density at radius 1 is 1.03 bits per heavy atom. The molecule has 1 unspecified atom stereocenters. The third-order valence-corrected chi connectivity index (χ3v) is 5.81. The fraction of sp³-hybridized carbons (Fsp3) is 0.333. The quantitative estimate of drug-likeness (QED) is 0.651. The molecule has 1 aromatic heterocycles. The monoisotopic (exact) mass is 405 g/mol. The Balaban J connectivity index is 1.31. The maximum Gasteiger partial charge on any atom is 0.321 e. The summed E-state index contributed by atoms with van der Waals surface area (Å²) in [5, 5.41) is 7.08. The summed E-state index contributed by atoms with van der Waals surface area (Å²) >= 11 is 0. The molecule has 0 spiro atoms. The Hall–Kier alpha value is -3.28. The number of likely N-dealkylation sites (tertiary alicyclic amines) is 1. The first-order chi connectivity index (χ1) is 14.5. The molecule has 0 saturated carbocycles. The second-order valence-corrected chi connectivity index (χ2v) is 7.88. The number of hydrogen-bond donors (Lipinski definition) is 2. The first-order valence-electron chi connectivity index (χ1n) is 10.4. The molecule has 1 atom stereocenters. The maximum absolute atomic E-state index is 12.8. The van der Waals surface area contributed by atoms with E-state index < -0.39 is 0 Å². The van der Waals surface area contributed by atoms with E-state index in [4.69, 9.17) is 4.42 Å². The molecule has 6 nitrogen and oxygen atoms in total. The van der Waals surface area contributed by atoms with Crippen LogP contribution in [0.5, 0.6) is 0 Å². The van der Waals surface area contributed by atoms with Gasteiger partial charge in [-0.3, -0.25) is 4.79 Å². The fourth-order valence-corrected chi connectivity index (χ4v) is 4.07. The van der Waals surface area contributed by atoms with Gasteiger partial charge in [0.2, 0.25) is 5.91 Å². The summed E-state index contributed by atoms with van der Waals surface area (Å²) in [6, 6.07) is 17.0. The summed E-state index contributed by atoms with van der Waals surface area (Å²) in [6.07, 6.45) is 1.31. The lowest BCUT2D eigenvalue weighted by Crippen LogP contribution is -2.44. The number of furan rings is 1. The van der Waals surface area contributed by atoms with E-state index in [1.165, 1.54) is 0 Å². The molecule has 0 radical (unpaired) electrons. The van der Waals surface area contributed by atoms with Gasteiger partial charge in [-0.15, -0.1) is 0 Å². The van der Waals surface area contributed by atoms with Crippen LogP contribution in [0.1, 0.15) is 37.1 Å². The number of urea groups is 1. The minimum absolute atomic E-state index is 0.0190. The van der Waals surface area contributed by atoms with Crippen LogP contribution in [-0.2, 0) is 4.79 Å². The summed E-state index contributed by atoms with van der Waals surface area (Å²) in [6.45, 7) is 5.10. The molecule has 0 bridgehead atoms. The average molecular weight is 405 g/mol. The third kappa shape index (κ3) is 4.17. The molecule has 3 aromatic rings. The molecule has 1 aliphatic heterocycles. The summed E-state index contributed by atoms with van der Waals surface area (Å²) in [7, 11) is 0. The van der Waals surface area contributed by atoms with Crippen LogP contribution in [0.25, 0.3) is 11.0 Å². The van der Waals surface area contributed by atoms with Gasteiger partial charge < -0.3 is 20.0 Å². The second kappa shape index (κ2) is 8.61. The van der Waals surface area contributed by atoms with Crippen LogP contribution in [-0.4, -0.2) is 29.9 Å². The number of aryl methyl sites for hydroxylation is 1. The van der Waals surface area contributed by atoms with Crippen LogP contribution in [0.2, 0.25) is 0 Å². The van der Waals surface area contributed by atoms with Gasteiger partial charge in [0, 0.05) is 35.6 Å². The number of carbonyl (C=O) groups excluding carboxylic acids is 2. The number of nitrogens with one attached hydrogen (secondary N) is 2. The van der Waals surface area contributed by atoms with Gasteiger partial charge in [0.05, 0.1) is 6.04 Å². The van der Waals surface area contributed by atoms with Crippen molar-refractivity contribution in [2.45, 2.75) is 32.7 Å². The highest BCUT2D eigenvalue weighted by molar-refractivity contribution is 5.89. The van der Waals surface area contributed by atoms with Gasteiger partial charge >= 0.3 is 6.03 Å². The summed E-state index contributed by atoms with van der Waals surface area (Å²) in [5.41, 5.74) is 2.67. The Labute approximate surface area is 176 Å². The van der Waals surface area contributed by atoms with Gasteiger partial charge in [-0.25, -0.2) is 4.79 Å². The molecule has 0 aliphatic carbocycles. The first kappa shape index (κ1) is 20.0. The van der Waals surface area contributed by atoms with Crippen molar-refractivity contribution in [2.75, 3.05) is 18.4 Å². The van der Waals surface area contributed by atoms with E-state index in [1.54, 1.807) is 4.90 Å². The van der Waals surface area contributed by atoms with Crippen LogP contribution in [0.3, 0.4) is 0 Å². The van der Waals surface area contributed by atoms with E-state index in [0.29, 0.717) is 25.9 Å². The molecular weight excluding hydrogens is 378 g/mol. The number of carbonyl (C=O) groups is 2. The van der Waals surface area contributed by atoms with E-state index in [9.17, 15) is 9.59 Å². The number of amides is 3. The summed E-state index contributed by atoms with van der Waals surface area (Å²) in [4.78, 5) is 27.0. The standard InChI is InChI=1S/C24H27N3O3/c1-16-20-10-6-7-11-21(20)30-22(16)17(2)25-23(28)18-12-14-27(15-13-18)24(29)26-19-8-4-3-5-9-19/h3-11,17-18H,12-15H2,1-2H3,(H,25,28)(H,26,29). The number of benzene rings is 2. The largest absolute Gasteiger partial charge is 0.459 e. The van der Waals surface area contributed by atoms with Crippen LogP contribution in [0, 0.1) is 12.8 Å². The van der Waals surface area contributed by atoms with Crippen molar-refractivity contribution >= 4 is 28.6 Å². The van der Waals surface area contributed by atoms with Crippen LogP contribution in [0.15, 0.2) is 59.0 Å². The molecule has 3 amide bonds. The zero-order valence-electron chi connectivity index (χ0n) is 17.4. The van der Waals surface area contributed by atoms with Gasteiger partial charge in [-0.2, -0.15) is 0 Å². The molecular formula is C24H27N3O3. The van der Waals surface area contributed by atoms with Crippen molar-refractivity contribution in [3.63, 3.8) is 0 Å². The highest BCUT2D eigenvalue weighted by Gasteiger charge is 2.29. The smallest absolute Gasteiger partial charge is 0.321 e. The summed E-state index contributed by atoms with van der Waals surface area (Å²) in [5.74, 6) is 0.715. The average Bonchev–Trinajstić information content (AvgIpc) is 3.11. The predicted octanol–water partition coefficient (Wildman–Crippen LogP) is 4.86. The van der Waals surface area contributed by atoms with Gasteiger partial charge in [0.1, 0.15) is 11.3 Å². The molecule has 2 N–H and O–H groups in total. The zero-order chi connectivity index (χ0) is 21.1. The van der Waals surface area contributed by atoms with Crippen molar-refractivity contribution < 1.29 is 14.0 Å². The van der Waals surface area contributed by atoms with E-state index in [1.807, 2.05) is 68.4 Å². The Bertz CT molecular complexity index is 1040. The molecule has 1 saturated heterocycles. The lowest BCUT2D eigenvalue weighted by molar-refractivity contribution is -0.127. The minimum atomic E-state index is -0.204. The normalized spacial score (nSPS) is 15.7. The lowest BCUT2D eigenvalue weighted by atomic mass is 9.95. The van der Waals surface area contributed by atoms with E-state index in [0.717, 1.165) is 28.0 Å². The van der Waals surface area contributed by atoms with Gasteiger partial charge in [-0.05, 0) is 44.9 Å². The van der Waals surface area contributed by atoms with Crippen LogP contribution < -0.4 is 10.6 Å². The molecule has 1 fully saturated rings. The van der Waals surface area contributed by atoms with Gasteiger partial charge in [0.25, 0.3) is 0 Å². The van der Waals surface area contributed by atoms with E-state index in [-0.39, 0.29) is 23.9 Å². The SMILES string of the molecule is Cc1c(C(C)NC(=O)C2CCN(C(=O)Nc3ccccc3)CC2)oc2ccccc12.